The predicted octanol–water partition coefficient (Wildman–Crippen LogP) is 4.00. The molecule has 0 amide bonds. The maximum Gasteiger partial charge on any atom is 0.365 e. The fourth-order valence-corrected chi connectivity index (χ4v) is 6.29. The molecule has 0 N–H and O–H groups in total. The topological polar surface area (TPSA) is 71.4 Å². The van der Waals surface area contributed by atoms with Crippen LogP contribution in [-0.2, 0) is 19.1 Å². The zero-order valence-electron chi connectivity index (χ0n) is 16.6. The summed E-state index contributed by atoms with van der Waals surface area (Å²) < 4.78 is 8.99. The highest BCUT2D eigenvalue weighted by atomic mass is 32.2. The van der Waals surface area contributed by atoms with Gasteiger partial charge < -0.3 is 14.4 Å². The number of para-hydroxylation sites is 2. The van der Waals surface area contributed by atoms with E-state index < -0.39 is 16.3 Å². The molecule has 154 valence electrons. The van der Waals surface area contributed by atoms with E-state index in [1.807, 2.05) is 72.5 Å². The van der Waals surface area contributed by atoms with E-state index in [0.29, 0.717) is 10.6 Å². The quantitative estimate of drug-likeness (QED) is 0.660. The Labute approximate surface area is 182 Å². The van der Waals surface area contributed by atoms with Crippen molar-refractivity contribution >= 4 is 51.9 Å². The fraction of sp³-hybridized carbons (Fsp3) is 0.190. The van der Waals surface area contributed by atoms with Gasteiger partial charge in [0.1, 0.15) is 4.91 Å². The second-order valence-electron chi connectivity index (χ2n) is 6.37. The second kappa shape index (κ2) is 8.08. The summed E-state index contributed by atoms with van der Waals surface area (Å²) >= 11 is 2.53. The molecule has 2 aromatic rings. The number of carbonyl (C=O) groups excluding carboxylic acids is 2. The Morgan fingerprint density at radius 3 is 2.00 bits per heavy atom. The van der Waals surface area contributed by atoms with Crippen LogP contribution < -0.4 is 9.91 Å². The van der Waals surface area contributed by atoms with E-state index in [2.05, 4.69) is 5.10 Å². The lowest BCUT2D eigenvalue weighted by Crippen LogP contribution is -2.49. The van der Waals surface area contributed by atoms with E-state index >= 15 is 0 Å². The van der Waals surface area contributed by atoms with Crippen LogP contribution in [0.2, 0.25) is 0 Å². The van der Waals surface area contributed by atoms with Crippen LogP contribution in [0.4, 0.5) is 11.4 Å². The summed E-state index contributed by atoms with van der Waals surface area (Å²) in [5.74, 6) is -0.967. The van der Waals surface area contributed by atoms with Gasteiger partial charge in [-0.1, -0.05) is 48.2 Å². The molecule has 2 heterocycles. The zero-order chi connectivity index (χ0) is 21.3. The molecule has 0 radical (unpaired) electrons. The number of benzene rings is 2. The van der Waals surface area contributed by atoms with Crippen molar-refractivity contribution in [2.45, 2.75) is 11.3 Å². The van der Waals surface area contributed by atoms with E-state index in [1.54, 1.807) is 5.01 Å². The summed E-state index contributed by atoms with van der Waals surface area (Å²) in [6.07, 6.45) is 0. The average molecular weight is 442 g/mol. The largest absolute Gasteiger partial charge is 0.465 e. The zero-order valence-corrected chi connectivity index (χ0v) is 18.2. The number of carbonyl (C=O) groups is 2. The Morgan fingerprint density at radius 1 is 0.867 bits per heavy atom. The summed E-state index contributed by atoms with van der Waals surface area (Å²) in [4.78, 5) is 27.4. The van der Waals surface area contributed by atoms with Gasteiger partial charge in [-0.3, -0.25) is 0 Å². The first-order chi connectivity index (χ1) is 14.5. The first-order valence-electron chi connectivity index (χ1n) is 9.06. The van der Waals surface area contributed by atoms with Crippen molar-refractivity contribution in [2.24, 2.45) is 5.10 Å². The molecule has 7 nitrogen and oxygen atoms in total. The van der Waals surface area contributed by atoms with Crippen molar-refractivity contribution in [2.75, 3.05) is 24.1 Å². The highest BCUT2D eigenvalue weighted by Gasteiger charge is 2.58. The van der Waals surface area contributed by atoms with Crippen molar-refractivity contribution in [3.8, 4) is 0 Å². The normalized spacial score (nSPS) is 20.6. The van der Waals surface area contributed by atoms with Crippen LogP contribution in [0.3, 0.4) is 0 Å². The number of allylic oxidation sites excluding steroid dienone is 1. The number of rotatable bonds is 4. The number of esters is 2. The molecule has 4 rings (SSSR count). The molecule has 30 heavy (non-hydrogen) atoms. The van der Waals surface area contributed by atoms with Gasteiger partial charge in [0.2, 0.25) is 9.37 Å². The predicted molar refractivity (Wildman–Crippen MR) is 120 cm³/mol. The maximum absolute atomic E-state index is 12.6. The summed E-state index contributed by atoms with van der Waals surface area (Å²) in [6, 6.07) is 19.2. The molecule has 1 spiro atoms. The van der Waals surface area contributed by atoms with Crippen molar-refractivity contribution < 1.29 is 19.1 Å². The van der Waals surface area contributed by atoms with E-state index in [9.17, 15) is 9.59 Å². The number of thioether (sulfide) groups is 2. The van der Waals surface area contributed by atoms with Crippen molar-refractivity contribution in [1.29, 1.82) is 0 Å². The SMILES string of the molecule is COC(=O)C1=NN(c2ccccc2)C2(S1)SC(C(=O)OC)=C(C)N2c1ccccc1. The monoisotopic (exact) mass is 441 g/mol. The third-order valence-corrected chi connectivity index (χ3v) is 7.47. The molecule has 2 aliphatic heterocycles. The minimum atomic E-state index is -0.972. The number of nitrogens with zero attached hydrogens (tertiary/aromatic N) is 3. The molecule has 2 aromatic carbocycles. The standard InChI is InChI=1S/C21H19N3O4S2/c1-14-17(19(25)27-2)29-21(23(14)15-10-6-4-7-11-15)24(16-12-8-5-9-13-16)22-18(30-21)20(26)28-3/h4-13H,1-3H3. The van der Waals surface area contributed by atoms with Gasteiger partial charge in [0.05, 0.1) is 19.9 Å². The van der Waals surface area contributed by atoms with Crippen LogP contribution in [0.5, 0.6) is 0 Å². The molecule has 0 saturated heterocycles. The molecule has 1 unspecified atom stereocenters. The summed E-state index contributed by atoms with van der Waals surface area (Å²) in [6.45, 7) is 1.86. The molecule has 0 aromatic heterocycles. The average Bonchev–Trinajstić information content (AvgIpc) is 3.31. The third kappa shape index (κ3) is 3.23. The number of ether oxygens (including phenoxy) is 2. The van der Waals surface area contributed by atoms with Crippen molar-refractivity contribution in [3.05, 3.63) is 71.3 Å². The van der Waals surface area contributed by atoms with E-state index in [0.717, 1.165) is 11.4 Å². The number of hydrogen-bond donors (Lipinski definition) is 0. The summed E-state index contributed by atoms with van der Waals surface area (Å²) in [7, 11) is 2.68. The molecule has 0 bridgehead atoms. The lowest BCUT2D eigenvalue weighted by Gasteiger charge is -2.41. The van der Waals surface area contributed by atoms with Gasteiger partial charge >= 0.3 is 11.9 Å². The van der Waals surface area contributed by atoms with E-state index in [-0.39, 0.29) is 5.04 Å². The Balaban J connectivity index is 1.90. The van der Waals surface area contributed by atoms with E-state index in [4.69, 9.17) is 9.47 Å². The Hall–Kier alpha value is -2.91. The molecule has 9 heteroatoms. The minimum Gasteiger partial charge on any atom is -0.465 e. The summed E-state index contributed by atoms with van der Waals surface area (Å²) in [5, 5.41) is 6.54. The van der Waals surface area contributed by atoms with Crippen LogP contribution in [0, 0.1) is 0 Å². The number of hydrogen-bond acceptors (Lipinski definition) is 9. The lowest BCUT2D eigenvalue weighted by molar-refractivity contribution is -0.135. The number of hydrazone groups is 1. The van der Waals surface area contributed by atoms with Crippen LogP contribution in [-0.4, -0.2) is 35.5 Å². The van der Waals surface area contributed by atoms with Crippen LogP contribution in [0.15, 0.2) is 76.4 Å². The number of anilines is 2. The van der Waals surface area contributed by atoms with Gasteiger partial charge in [-0.05, 0) is 43.0 Å². The van der Waals surface area contributed by atoms with Gasteiger partial charge in [0, 0.05) is 11.4 Å². The number of methoxy groups -OCH3 is 2. The lowest BCUT2D eigenvalue weighted by atomic mass is 10.2. The molecular weight excluding hydrogens is 422 g/mol. The second-order valence-corrected chi connectivity index (χ2v) is 8.97. The van der Waals surface area contributed by atoms with Gasteiger partial charge in [0.25, 0.3) is 0 Å². The van der Waals surface area contributed by atoms with Gasteiger partial charge in [0.15, 0.2) is 0 Å². The van der Waals surface area contributed by atoms with Gasteiger partial charge in [-0.15, -0.1) is 0 Å². The molecule has 0 saturated carbocycles. The van der Waals surface area contributed by atoms with Crippen LogP contribution in [0.25, 0.3) is 0 Å². The first-order valence-corrected chi connectivity index (χ1v) is 10.7. The Morgan fingerprint density at radius 2 is 1.43 bits per heavy atom. The molecule has 2 aliphatic rings. The molecule has 0 fully saturated rings. The third-order valence-electron chi connectivity index (χ3n) is 4.62. The smallest absolute Gasteiger partial charge is 0.365 e. The Kier molecular flexibility index (Phi) is 5.48. The molecule has 0 aliphatic carbocycles. The maximum atomic E-state index is 12.6. The highest BCUT2D eigenvalue weighted by Crippen LogP contribution is 2.60. The molecular formula is C21H19N3O4S2. The Bertz CT molecular complexity index is 1040. The highest BCUT2D eigenvalue weighted by molar-refractivity contribution is 8.29. The van der Waals surface area contributed by atoms with Gasteiger partial charge in [-0.2, -0.15) is 5.10 Å². The van der Waals surface area contributed by atoms with Crippen LogP contribution >= 0.6 is 23.5 Å². The minimum absolute atomic E-state index is 0.203. The van der Waals surface area contributed by atoms with E-state index in [1.165, 1.54) is 37.7 Å². The van der Waals surface area contributed by atoms with Crippen molar-refractivity contribution in [1.82, 2.24) is 0 Å². The van der Waals surface area contributed by atoms with Crippen LogP contribution in [0.1, 0.15) is 6.92 Å². The first kappa shape index (κ1) is 20.4. The van der Waals surface area contributed by atoms with Crippen molar-refractivity contribution in [3.63, 3.8) is 0 Å². The molecule has 1 atom stereocenters. The fourth-order valence-electron chi connectivity index (χ4n) is 3.29. The summed E-state index contributed by atoms with van der Waals surface area (Å²) in [5.41, 5.74) is 2.35. The van der Waals surface area contributed by atoms with Gasteiger partial charge in [-0.25, -0.2) is 14.6 Å².